The van der Waals surface area contributed by atoms with E-state index in [-0.39, 0.29) is 11.9 Å². The van der Waals surface area contributed by atoms with Gasteiger partial charge in [-0.05, 0) is 43.7 Å². The first kappa shape index (κ1) is 17.1. The van der Waals surface area contributed by atoms with Crippen molar-refractivity contribution in [1.82, 2.24) is 10.5 Å². The van der Waals surface area contributed by atoms with E-state index in [1.165, 1.54) is 0 Å². The fourth-order valence-corrected chi connectivity index (χ4v) is 3.07. The van der Waals surface area contributed by atoms with Crippen molar-refractivity contribution in [3.05, 3.63) is 78.3 Å². The average molecular weight is 360 g/mol. The van der Waals surface area contributed by atoms with Crippen molar-refractivity contribution in [3.63, 3.8) is 0 Å². The molecular formula is C22H20N2O3. The van der Waals surface area contributed by atoms with Crippen molar-refractivity contribution >= 4 is 16.8 Å². The minimum Gasteiger partial charge on any atom is -0.469 e. The highest BCUT2D eigenvalue weighted by Gasteiger charge is 2.15. The number of aromatic nitrogens is 1. The maximum absolute atomic E-state index is 12.6. The van der Waals surface area contributed by atoms with Crippen molar-refractivity contribution in [2.45, 2.75) is 25.8 Å². The first-order valence-electron chi connectivity index (χ1n) is 8.99. The number of hydrogen-bond donors (Lipinski definition) is 1. The molecule has 0 aliphatic rings. The fourth-order valence-electron chi connectivity index (χ4n) is 3.07. The molecule has 0 spiro atoms. The zero-order valence-corrected chi connectivity index (χ0v) is 15.0. The van der Waals surface area contributed by atoms with Gasteiger partial charge in [0.2, 0.25) is 0 Å². The molecule has 0 aliphatic heterocycles. The van der Waals surface area contributed by atoms with E-state index in [9.17, 15) is 4.79 Å². The summed E-state index contributed by atoms with van der Waals surface area (Å²) in [6.45, 7) is 1.99. The summed E-state index contributed by atoms with van der Waals surface area (Å²) in [5, 5.41) is 7.97. The summed E-state index contributed by atoms with van der Waals surface area (Å²) >= 11 is 0. The predicted octanol–water partition coefficient (Wildman–Crippen LogP) is 4.84. The Bertz CT molecular complexity index is 1040. The molecular weight excluding hydrogens is 340 g/mol. The molecule has 1 N–H and O–H groups in total. The molecule has 0 bridgehead atoms. The second-order valence-corrected chi connectivity index (χ2v) is 6.60. The summed E-state index contributed by atoms with van der Waals surface area (Å²) in [5.74, 6) is 1.49. The molecule has 2 aromatic heterocycles. The summed E-state index contributed by atoms with van der Waals surface area (Å²) in [6, 6.07) is 19.0. The lowest BCUT2D eigenvalue weighted by molar-refractivity contribution is 0.0938. The standard InChI is InChI=1S/C22H20N2O3/c1-15(9-11-18-8-5-13-26-18)23-22(25)17-10-12-20-19(14-17)21(27-24-20)16-6-3-2-4-7-16/h2-8,10,12-15H,9,11H2,1H3,(H,23,25). The molecule has 27 heavy (non-hydrogen) atoms. The molecule has 0 radical (unpaired) electrons. The quantitative estimate of drug-likeness (QED) is 0.534. The van der Waals surface area contributed by atoms with Crippen LogP contribution in [0.2, 0.25) is 0 Å². The van der Waals surface area contributed by atoms with Gasteiger partial charge in [-0.1, -0.05) is 35.5 Å². The van der Waals surface area contributed by atoms with Crippen LogP contribution in [-0.2, 0) is 6.42 Å². The summed E-state index contributed by atoms with van der Waals surface area (Å²) in [5.41, 5.74) is 2.26. The van der Waals surface area contributed by atoms with Gasteiger partial charge >= 0.3 is 0 Å². The van der Waals surface area contributed by atoms with Crippen LogP contribution in [0.1, 0.15) is 29.5 Å². The second kappa shape index (κ2) is 7.50. The Morgan fingerprint density at radius 1 is 1.11 bits per heavy atom. The Kier molecular flexibility index (Phi) is 4.75. The number of aryl methyl sites for hydroxylation is 1. The van der Waals surface area contributed by atoms with Crippen molar-refractivity contribution in [2.75, 3.05) is 0 Å². The van der Waals surface area contributed by atoms with Gasteiger partial charge in [-0.3, -0.25) is 4.79 Å². The molecule has 2 aromatic carbocycles. The highest BCUT2D eigenvalue weighted by molar-refractivity contribution is 6.01. The lowest BCUT2D eigenvalue weighted by atomic mass is 10.1. The van der Waals surface area contributed by atoms with Crippen LogP contribution in [0.25, 0.3) is 22.2 Å². The summed E-state index contributed by atoms with van der Waals surface area (Å²) < 4.78 is 10.8. The van der Waals surface area contributed by atoms with E-state index >= 15 is 0 Å². The second-order valence-electron chi connectivity index (χ2n) is 6.60. The highest BCUT2D eigenvalue weighted by Crippen LogP contribution is 2.29. The third-order valence-corrected chi connectivity index (χ3v) is 4.56. The Morgan fingerprint density at radius 2 is 1.96 bits per heavy atom. The third kappa shape index (κ3) is 3.77. The molecule has 5 heteroatoms. The highest BCUT2D eigenvalue weighted by atomic mass is 16.5. The zero-order valence-electron chi connectivity index (χ0n) is 15.0. The van der Waals surface area contributed by atoms with Crippen molar-refractivity contribution in [3.8, 4) is 11.3 Å². The van der Waals surface area contributed by atoms with Crippen molar-refractivity contribution in [1.29, 1.82) is 0 Å². The third-order valence-electron chi connectivity index (χ3n) is 4.56. The molecule has 4 aromatic rings. The molecule has 0 saturated heterocycles. The molecule has 0 saturated carbocycles. The lowest BCUT2D eigenvalue weighted by Crippen LogP contribution is -2.32. The molecule has 5 nitrogen and oxygen atoms in total. The first-order valence-corrected chi connectivity index (χ1v) is 8.99. The van der Waals surface area contributed by atoms with Gasteiger partial charge in [-0.25, -0.2) is 0 Å². The van der Waals surface area contributed by atoms with Crippen molar-refractivity contribution < 1.29 is 13.7 Å². The van der Waals surface area contributed by atoms with E-state index in [1.807, 2.05) is 61.5 Å². The van der Waals surface area contributed by atoms with Gasteiger partial charge in [0, 0.05) is 23.6 Å². The summed E-state index contributed by atoms with van der Waals surface area (Å²) in [4.78, 5) is 12.6. The van der Waals surface area contributed by atoms with Crippen molar-refractivity contribution in [2.24, 2.45) is 0 Å². The Balaban J connectivity index is 1.50. The molecule has 4 rings (SSSR count). The van der Waals surface area contributed by atoms with Gasteiger partial charge in [0.05, 0.1) is 11.6 Å². The van der Waals surface area contributed by atoms with Gasteiger partial charge in [0.25, 0.3) is 5.91 Å². The number of carbonyl (C=O) groups is 1. The van der Waals surface area contributed by atoms with Gasteiger partial charge < -0.3 is 14.3 Å². The van der Waals surface area contributed by atoms with E-state index < -0.39 is 0 Å². The van der Waals surface area contributed by atoms with Crippen LogP contribution in [-0.4, -0.2) is 17.1 Å². The van der Waals surface area contributed by atoms with E-state index in [1.54, 1.807) is 12.3 Å². The van der Waals surface area contributed by atoms with Crippen LogP contribution in [0, 0.1) is 0 Å². The van der Waals surface area contributed by atoms with Crippen LogP contribution >= 0.6 is 0 Å². The van der Waals surface area contributed by atoms with Crippen LogP contribution in [0.15, 0.2) is 75.9 Å². The lowest BCUT2D eigenvalue weighted by Gasteiger charge is -2.13. The van der Waals surface area contributed by atoms with Crippen LogP contribution in [0.5, 0.6) is 0 Å². The number of nitrogens with one attached hydrogen (secondary N) is 1. The van der Waals surface area contributed by atoms with Crippen LogP contribution in [0.3, 0.4) is 0 Å². The smallest absolute Gasteiger partial charge is 0.251 e. The zero-order chi connectivity index (χ0) is 18.6. The van der Waals surface area contributed by atoms with Gasteiger partial charge in [-0.15, -0.1) is 0 Å². The number of benzene rings is 2. The largest absolute Gasteiger partial charge is 0.469 e. The van der Waals surface area contributed by atoms with Gasteiger partial charge in [-0.2, -0.15) is 0 Å². The monoisotopic (exact) mass is 360 g/mol. The number of furan rings is 1. The minimum absolute atomic E-state index is 0.0364. The Morgan fingerprint density at radius 3 is 2.74 bits per heavy atom. The topological polar surface area (TPSA) is 68.3 Å². The minimum atomic E-state index is -0.107. The first-order chi connectivity index (χ1) is 13.2. The van der Waals surface area contributed by atoms with Gasteiger partial charge in [0.1, 0.15) is 11.3 Å². The number of fused-ring (bicyclic) bond motifs is 1. The van der Waals surface area contributed by atoms with E-state index in [4.69, 9.17) is 8.94 Å². The molecule has 136 valence electrons. The molecule has 1 unspecified atom stereocenters. The maximum atomic E-state index is 12.6. The molecule has 1 amide bonds. The number of carbonyl (C=O) groups excluding carboxylic acids is 1. The molecule has 2 heterocycles. The van der Waals surface area contributed by atoms with E-state index in [0.29, 0.717) is 11.3 Å². The maximum Gasteiger partial charge on any atom is 0.251 e. The number of rotatable bonds is 6. The summed E-state index contributed by atoms with van der Waals surface area (Å²) in [7, 11) is 0. The average Bonchev–Trinajstić information content (AvgIpc) is 3.36. The molecule has 0 fully saturated rings. The number of nitrogens with zero attached hydrogens (tertiary/aromatic N) is 1. The van der Waals surface area contributed by atoms with E-state index in [2.05, 4.69) is 10.5 Å². The Hall–Kier alpha value is -3.34. The fraction of sp³-hybridized carbons (Fsp3) is 0.182. The summed E-state index contributed by atoms with van der Waals surface area (Å²) in [6.07, 6.45) is 3.26. The normalized spacial score (nSPS) is 12.2. The number of amides is 1. The van der Waals surface area contributed by atoms with Crippen LogP contribution < -0.4 is 5.32 Å². The van der Waals surface area contributed by atoms with E-state index in [0.717, 1.165) is 35.1 Å². The predicted molar refractivity (Wildman–Crippen MR) is 103 cm³/mol. The molecule has 1 atom stereocenters. The van der Waals surface area contributed by atoms with Crippen LogP contribution in [0.4, 0.5) is 0 Å². The SMILES string of the molecule is CC(CCc1ccco1)NC(=O)c1ccc2noc(-c3ccccc3)c2c1. The number of hydrogen-bond acceptors (Lipinski definition) is 4. The molecule has 0 aliphatic carbocycles. The Labute approximate surface area is 157 Å². The van der Waals surface area contributed by atoms with Gasteiger partial charge in [0.15, 0.2) is 5.76 Å².